The molecule has 0 heterocycles. The van der Waals surface area contributed by atoms with Crippen molar-refractivity contribution >= 4 is 15.7 Å². The van der Waals surface area contributed by atoms with Crippen LogP contribution in [0.15, 0.2) is 53.4 Å². The molecule has 1 unspecified atom stereocenters. The highest BCUT2D eigenvalue weighted by atomic mass is 32.2. The highest BCUT2D eigenvalue weighted by molar-refractivity contribution is 7.92. The van der Waals surface area contributed by atoms with E-state index in [1.807, 2.05) is 0 Å². The lowest BCUT2D eigenvalue weighted by atomic mass is 10.3. The van der Waals surface area contributed by atoms with Crippen LogP contribution in [0.5, 0.6) is 11.5 Å². The molecule has 0 radical (unpaired) electrons. The standard InChI is InChI=1S/C15H18N2O5S/c16-9-11(18)10-22-12-6-7-15(19)14(8-12)17-23(20,21)13-4-2-1-3-5-13/h1-8,11,17-19H,9-10,16H2. The number of nitrogens with one attached hydrogen (secondary N) is 1. The number of aromatic hydroxyl groups is 1. The van der Waals surface area contributed by atoms with Crippen molar-refractivity contribution < 1.29 is 23.4 Å². The number of hydrogen-bond donors (Lipinski definition) is 4. The number of ether oxygens (including phenoxy) is 1. The van der Waals surface area contributed by atoms with Crippen molar-refractivity contribution in [3.8, 4) is 11.5 Å². The number of anilines is 1. The minimum Gasteiger partial charge on any atom is -0.506 e. The first kappa shape index (κ1) is 17.1. The van der Waals surface area contributed by atoms with E-state index in [9.17, 15) is 18.6 Å². The summed E-state index contributed by atoms with van der Waals surface area (Å²) < 4.78 is 32.1. The number of rotatable bonds is 7. The average molecular weight is 338 g/mol. The fourth-order valence-electron chi connectivity index (χ4n) is 1.75. The summed E-state index contributed by atoms with van der Waals surface area (Å²) >= 11 is 0. The van der Waals surface area contributed by atoms with Crippen molar-refractivity contribution in [2.24, 2.45) is 5.73 Å². The summed E-state index contributed by atoms with van der Waals surface area (Å²) in [6.07, 6.45) is -0.826. The lowest BCUT2D eigenvalue weighted by Crippen LogP contribution is -2.26. The summed E-state index contributed by atoms with van der Waals surface area (Å²) in [4.78, 5) is 0.0734. The van der Waals surface area contributed by atoms with Crippen LogP contribution in [0.1, 0.15) is 0 Å². The van der Waals surface area contributed by atoms with Gasteiger partial charge in [-0.05, 0) is 24.3 Å². The molecule has 0 aliphatic heterocycles. The van der Waals surface area contributed by atoms with E-state index in [0.717, 1.165) is 0 Å². The third-order valence-corrected chi connectivity index (χ3v) is 4.36. The number of phenolic OH excluding ortho intramolecular Hbond substituents is 1. The largest absolute Gasteiger partial charge is 0.506 e. The van der Waals surface area contributed by atoms with Crippen molar-refractivity contribution in [3.63, 3.8) is 0 Å². The van der Waals surface area contributed by atoms with Crippen molar-refractivity contribution in [1.82, 2.24) is 0 Å². The number of nitrogens with two attached hydrogens (primary N) is 1. The molecular formula is C15H18N2O5S. The van der Waals surface area contributed by atoms with Gasteiger partial charge in [0.15, 0.2) is 0 Å². The van der Waals surface area contributed by atoms with Crippen LogP contribution in [0.3, 0.4) is 0 Å². The predicted molar refractivity (Wildman–Crippen MR) is 85.9 cm³/mol. The van der Waals surface area contributed by atoms with E-state index in [1.165, 1.54) is 30.3 Å². The van der Waals surface area contributed by atoms with E-state index >= 15 is 0 Å². The first-order valence-electron chi connectivity index (χ1n) is 6.84. The van der Waals surface area contributed by atoms with Crippen molar-refractivity contribution in [3.05, 3.63) is 48.5 Å². The highest BCUT2D eigenvalue weighted by Crippen LogP contribution is 2.30. The molecule has 2 rings (SSSR count). The third-order valence-electron chi connectivity index (χ3n) is 2.98. The lowest BCUT2D eigenvalue weighted by Gasteiger charge is -2.13. The molecule has 0 aliphatic carbocycles. The zero-order valence-electron chi connectivity index (χ0n) is 12.2. The maximum Gasteiger partial charge on any atom is 0.262 e. The van der Waals surface area contributed by atoms with Crippen LogP contribution in [0.4, 0.5) is 5.69 Å². The number of hydrogen-bond acceptors (Lipinski definition) is 6. The van der Waals surface area contributed by atoms with Crippen LogP contribution in [0.25, 0.3) is 0 Å². The number of aliphatic hydroxyl groups excluding tert-OH is 1. The molecule has 23 heavy (non-hydrogen) atoms. The molecule has 0 aromatic heterocycles. The van der Waals surface area contributed by atoms with Gasteiger partial charge in [-0.1, -0.05) is 18.2 Å². The zero-order chi connectivity index (χ0) is 16.9. The van der Waals surface area contributed by atoms with Crippen LogP contribution in [-0.2, 0) is 10.0 Å². The Morgan fingerprint density at radius 3 is 2.52 bits per heavy atom. The van der Waals surface area contributed by atoms with Gasteiger partial charge in [0.1, 0.15) is 24.2 Å². The summed E-state index contributed by atoms with van der Waals surface area (Å²) in [7, 11) is -3.82. The van der Waals surface area contributed by atoms with E-state index in [0.29, 0.717) is 5.75 Å². The molecule has 8 heteroatoms. The molecule has 2 aromatic carbocycles. The fourth-order valence-corrected chi connectivity index (χ4v) is 2.84. The van der Waals surface area contributed by atoms with E-state index in [1.54, 1.807) is 18.2 Å². The summed E-state index contributed by atoms with van der Waals surface area (Å²) in [5, 5.41) is 19.2. The second kappa shape index (κ2) is 7.32. The highest BCUT2D eigenvalue weighted by Gasteiger charge is 2.16. The van der Waals surface area contributed by atoms with Crippen LogP contribution < -0.4 is 15.2 Å². The second-order valence-electron chi connectivity index (χ2n) is 4.80. The van der Waals surface area contributed by atoms with Gasteiger partial charge in [-0.25, -0.2) is 8.42 Å². The second-order valence-corrected chi connectivity index (χ2v) is 6.48. The van der Waals surface area contributed by atoms with Crippen molar-refractivity contribution in [1.29, 1.82) is 0 Å². The molecule has 0 fully saturated rings. The summed E-state index contributed by atoms with van der Waals surface area (Å²) in [5.74, 6) is 0.0530. The van der Waals surface area contributed by atoms with Crippen LogP contribution in [0.2, 0.25) is 0 Å². The van der Waals surface area contributed by atoms with Gasteiger partial charge in [0.25, 0.3) is 10.0 Å². The molecule has 5 N–H and O–H groups in total. The first-order chi connectivity index (χ1) is 10.9. The Balaban J connectivity index is 2.19. The first-order valence-corrected chi connectivity index (χ1v) is 8.32. The smallest absolute Gasteiger partial charge is 0.262 e. The molecule has 0 saturated heterocycles. The van der Waals surface area contributed by atoms with Gasteiger partial charge in [-0.15, -0.1) is 0 Å². The van der Waals surface area contributed by atoms with E-state index in [-0.39, 0.29) is 29.5 Å². The lowest BCUT2D eigenvalue weighted by molar-refractivity contribution is 0.114. The Labute approximate surface area is 134 Å². The van der Waals surface area contributed by atoms with Gasteiger partial charge in [-0.2, -0.15) is 0 Å². The van der Waals surface area contributed by atoms with E-state index < -0.39 is 16.1 Å². The molecule has 1 atom stereocenters. The van der Waals surface area contributed by atoms with Crippen LogP contribution >= 0.6 is 0 Å². The Bertz CT molecular complexity index is 750. The number of aliphatic hydroxyl groups is 1. The molecule has 124 valence electrons. The molecule has 0 saturated carbocycles. The number of sulfonamides is 1. The van der Waals surface area contributed by atoms with Gasteiger partial charge in [-0.3, -0.25) is 4.72 Å². The molecule has 0 spiro atoms. The topological polar surface area (TPSA) is 122 Å². The minimum absolute atomic E-state index is 0.0198. The quantitative estimate of drug-likeness (QED) is 0.556. The predicted octanol–water partition coefficient (Wildman–Crippen LogP) is 0.891. The van der Waals surface area contributed by atoms with Crippen LogP contribution in [0, 0.1) is 0 Å². The molecular weight excluding hydrogens is 320 g/mol. The SMILES string of the molecule is NCC(O)COc1ccc(O)c(NS(=O)(=O)c2ccccc2)c1. The van der Waals surface area contributed by atoms with Crippen molar-refractivity contribution in [2.75, 3.05) is 17.9 Å². The molecule has 0 bridgehead atoms. The molecule has 2 aromatic rings. The number of benzene rings is 2. The Morgan fingerprint density at radius 1 is 1.17 bits per heavy atom. The number of phenols is 1. The van der Waals surface area contributed by atoms with Gasteiger partial charge in [0.05, 0.1) is 10.6 Å². The van der Waals surface area contributed by atoms with Gasteiger partial charge in [0.2, 0.25) is 0 Å². The fraction of sp³-hybridized carbons (Fsp3) is 0.200. The zero-order valence-corrected chi connectivity index (χ0v) is 13.0. The van der Waals surface area contributed by atoms with E-state index in [2.05, 4.69) is 4.72 Å². The molecule has 7 nitrogen and oxygen atoms in total. The summed E-state index contributed by atoms with van der Waals surface area (Å²) in [6, 6.07) is 11.9. The summed E-state index contributed by atoms with van der Waals surface area (Å²) in [6.45, 7) is 0.0116. The Hall–Kier alpha value is -2.29. The Kier molecular flexibility index (Phi) is 5.43. The molecule has 0 amide bonds. The minimum atomic E-state index is -3.82. The Morgan fingerprint density at radius 2 is 1.87 bits per heavy atom. The third kappa shape index (κ3) is 4.59. The van der Waals surface area contributed by atoms with Gasteiger partial charge >= 0.3 is 0 Å². The molecule has 0 aliphatic rings. The van der Waals surface area contributed by atoms with Gasteiger partial charge < -0.3 is 20.7 Å². The monoisotopic (exact) mass is 338 g/mol. The summed E-state index contributed by atoms with van der Waals surface area (Å²) in [5.41, 5.74) is 5.26. The average Bonchev–Trinajstić information content (AvgIpc) is 2.55. The van der Waals surface area contributed by atoms with E-state index in [4.69, 9.17) is 10.5 Å². The normalized spacial score (nSPS) is 12.6. The van der Waals surface area contributed by atoms with Crippen molar-refractivity contribution in [2.45, 2.75) is 11.0 Å². The maximum absolute atomic E-state index is 12.3. The maximum atomic E-state index is 12.3. The van der Waals surface area contributed by atoms with Gasteiger partial charge in [0, 0.05) is 12.6 Å². The van der Waals surface area contributed by atoms with Crippen LogP contribution in [-0.4, -0.2) is 37.9 Å².